The fourth-order valence-corrected chi connectivity index (χ4v) is 1.49. The summed E-state index contributed by atoms with van der Waals surface area (Å²) in [5.41, 5.74) is 2.04. The molecule has 4 heteroatoms. The maximum atomic E-state index is 6.25. The molecule has 0 spiro atoms. The summed E-state index contributed by atoms with van der Waals surface area (Å²) in [6.45, 7) is 0. The van der Waals surface area contributed by atoms with Gasteiger partial charge in [0.05, 0.1) is 23.9 Å². The number of hydrogen-bond donors (Lipinski definition) is 1. The van der Waals surface area contributed by atoms with Crippen LogP contribution < -0.4 is 10.5 Å². The molecule has 0 heterocycles. The van der Waals surface area contributed by atoms with E-state index in [9.17, 15) is 0 Å². The van der Waals surface area contributed by atoms with E-state index in [1.54, 1.807) is 12.2 Å². The van der Waals surface area contributed by atoms with Crippen molar-refractivity contribution in [3.05, 3.63) is 60.7 Å². The molecule has 0 radical (unpaired) electrons. The molecule has 4 nitrogen and oxygen atoms in total. The van der Waals surface area contributed by atoms with Crippen LogP contribution in [0.2, 0.25) is 0 Å². The molecule has 0 aliphatic carbocycles. The highest BCUT2D eigenvalue weighted by molar-refractivity contribution is 5.59. The van der Waals surface area contributed by atoms with Crippen molar-refractivity contribution < 1.29 is 10.2 Å². The van der Waals surface area contributed by atoms with Crippen molar-refractivity contribution in [2.45, 2.75) is 0 Å². The van der Waals surface area contributed by atoms with Gasteiger partial charge < -0.3 is 0 Å². The Morgan fingerprint density at radius 2 is 1.18 bits per heavy atom. The van der Waals surface area contributed by atoms with Crippen LogP contribution in [0.4, 0.5) is 11.4 Å². The van der Waals surface area contributed by atoms with Crippen molar-refractivity contribution in [2.75, 3.05) is 12.2 Å². The quantitative estimate of drug-likeness (QED) is 0.642. The van der Waals surface area contributed by atoms with Gasteiger partial charge in [-0.05, 0) is 24.3 Å². The molecule has 1 N–H and O–H groups in total. The van der Waals surface area contributed by atoms with Crippen LogP contribution in [-0.2, 0) is 4.84 Å². The third-order valence-electron chi connectivity index (χ3n) is 2.16. The molecule has 2 aromatic rings. The largest absolute Gasteiger partial charge is 0.272 e. The Bertz CT molecular complexity index is 402. The van der Waals surface area contributed by atoms with Gasteiger partial charge in [0.15, 0.2) is 0 Å². The Morgan fingerprint density at radius 1 is 0.824 bits per heavy atom. The van der Waals surface area contributed by atoms with Gasteiger partial charge in [-0.2, -0.15) is 0 Å². The van der Waals surface area contributed by atoms with Gasteiger partial charge in [-0.3, -0.25) is 4.84 Å². The number of hydrogen-bond acceptors (Lipinski definition) is 3. The Labute approximate surface area is 100 Å². The van der Waals surface area contributed by atoms with Gasteiger partial charge in [0.2, 0.25) is 5.39 Å². The molecule has 0 aliphatic rings. The van der Waals surface area contributed by atoms with E-state index in [1.807, 2.05) is 60.7 Å². The zero-order chi connectivity index (χ0) is 12.5. The molecular weight excluding hydrogens is 214 g/mol. The van der Waals surface area contributed by atoms with E-state index < -0.39 is 0 Å². The van der Waals surface area contributed by atoms with Gasteiger partial charge in [0, 0.05) is 0 Å². The Kier molecular flexibility index (Phi) is 5.21. The minimum absolute atomic E-state index is 1.02. The van der Waals surface area contributed by atoms with Gasteiger partial charge in [-0.25, -0.2) is 5.06 Å². The van der Waals surface area contributed by atoms with E-state index >= 15 is 0 Å². The Hall–Kier alpha value is -2.38. The van der Waals surface area contributed by atoms with Crippen molar-refractivity contribution >= 4 is 11.4 Å². The van der Waals surface area contributed by atoms with Crippen LogP contribution in [0.25, 0.3) is 0 Å². The molecule has 0 bridgehead atoms. The maximum Gasteiger partial charge on any atom is 0.212 e. The fourth-order valence-electron chi connectivity index (χ4n) is 1.49. The smallest absolute Gasteiger partial charge is 0.212 e. The molecule has 17 heavy (non-hydrogen) atoms. The second-order valence-electron chi connectivity index (χ2n) is 3.15. The van der Waals surface area contributed by atoms with E-state index in [4.69, 9.17) is 15.6 Å². The maximum absolute atomic E-state index is 6.25. The minimum atomic E-state index is 1.02. The second kappa shape index (κ2) is 6.99. The number of nitrogens with one attached hydrogen (secondary N) is 1. The third-order valence-corrected chi connectivity index (χ3v) is 2.16. The van der Waals surface area contributed by atoms with Gasteiger partial charge in [0.1, 0.15) is 0 Å². The summed E-state index contributed by atoms with van der Waals surface area (Å²) in [5, 5.41) is 12.8. The van der Waals surface area contributed by atoms with Gasteiger partial charge in [-0.1, -0.05) is 36.4 Å². The Balaban J connectivity index is 0.000000686. The monoisotopic (exact) mass is 228 g/mol. The highest BCUT2D eigenvalue weighted by atomic mass is 16.7. The molecule has 0 atom stereocenters. The molecule has 0 saturated carbocycles. The van der Waals surface area contributed by atoms with Crippen LogP contribution in [0.15, 0.2) is 60.7 Å². The van der Waals surface area contributed by atoms with E-state index in [0.29, 0.717) is 0 Å². The van der Waals surface area contributed by atoms with E-state index in [1.165, 1.54) is 0 Å². The SMILES string of the molecule is CON(c1ccccc1)c1ccccc1.N#[NH+]. The molecule has 0 saturated heterocycles. The Morgan fingerprint density at radius 3 is 1.47 bits per heavy atom. The summed E-state index contributed by atoms with van der Waals surface area (Å²) < 4.78 is 0. The third kappa shape index (κ3) is 3.30. The predicted octanol–water partition coefficient (Wildman–Crippen LogP) is 1.67. The van der Waals surface area contributed by atoms with Gasteiger partial charge >= 0.3 is 0 Å². The number of rotatable bonds is 3. The van der Waals surface area contributed by atoms with Crippen LogP contribution in [0, 0.1) is 5.39 Å². The summed E-state index contributed by atoms with van der Waals surface area (Å²) in [4.78, 5) is 5.36. The number of nitrogens with zero attached hydrogens (tertiary/aromatic N) is 2. The first-order valence-electron chi connectivity index (χ1n) is 5.08. The van der Waals surface area contributed by atoms with Crippen molar-refractivity contribution in [1.29, 1.82) is 5.39 Å². The summed E-state index contributed by atoms with van der Waals surface area (Å²) >= 11 is 0. The zero-order valence-electron chi connectivity index (χ0n) is 9.58. The average molecular weight is 228 g/mol. The summed E-state index contributed by atoms with van der Waals surface area (Å²) in [6, 6.07) is 20.0. The lowest BCUT2D eigenvalue weighted by atomic mass is 10.2. The molecule has 0 aliphatic heterocycles. The van der Waals surface area contributed by atoms with Gasteiger partial charge in [-0.15, -0.1) is 0 Å². The number of anilines is 2. The average Bonchev–Trinajstić information content (AvgIpc) is 2.44. The molecule has 2 aromatic carbocycles. The second-order valence-corrected chi connectivity index (χ2v) is 3.15. The first-order chi connectivity index (χ1) is 8.42. The molecule has 86 valence electrons. The number of para-hydroxylation sites is 2. The predicted molar refractivity (Wildman–Crippen MR) is 64.7 cm³/mol. The van der Waals surface area contributed by atoms with Crippen LogP contribution >= 0.6 is 0 Å². The number of benzene rings is 2. The van der Waals surface area contributed by atoms with Crippen LogP contribution in [0.5, 0.6) is 0 Å². The topological polar surface area (TPSA) is 60.1 Å². The molecule has 0 aromatic heterocycles. The van der Waals surface area contributed by atoms with Crippen LogP contribution in [-0.4, -0.2) is 7.11 Å². The lowest BCUT2D eigenvalue weighted by Crippen LogP contribution is -2.14. The lowest BCUT2D eigenvalue weighted by Gasteiger charge is -2.21. The molecular formula is C13H14N3O+. The zero-order valence-corrected chi connectivity index (χ0v) is 9.58. The first kappa shape index (κ1) is 12.7. The fraction of sp³-hybridized carbons (Fsp3) is 0.0769. The summed E-state index contributed by atoms with van der Waals surface area (Å²) in [6.07, 6.45) is 0. The summed E-state index contributed by atoms with van der Waals surface area (Å²) in [5.74, 6) is 0. The van der Waals surface area contributed by atoms with E-state index in [0.717, 1.165) is 11.4 Å². The highest BCUT2D eigenvalue weighted by Gasteiger charge is 2.06. The summed E-state index contributed by atoms with van der Waals surface area (Å²) in [7, 11) is 1.67. The van der Waals surface area contributed by atoms with Crippen molar-refractivity contribution in [1.82, 2.24) is 0 Å². The van der Waals surface area contributed by atoms with Crippen molar-refractivity contribution in [3.63, 3.8) is 0 Å². The number of diazo groups is 1. The lowest BCUT2D eigenvalue weighted by molar-refractivity contribution is -0.175. The first-order valence-corrected chi connectivity index (χ1v) is 5.08. The van der Waals surface area contributed by atoms with Crippen LogP contribution in [0.3, 0.4) is 0 Å². The molecule has 2 rings (SSSR count). The molecule has 0 fully saturated rings. The standard InChI is InChI=1S/C13H13NO.N2/c1-15-14(12-8-4-2-5-9-12)13-10-6-3-7-11-13;1-2/h2-11H,1H3;/p+1. The van der Waals surface area contributed by atoms with Gasteiger partial charge in [0.25, 0.3) is 0 Å². The molecule has 0 unspecified atom stereocenters. The highest BCUT2D eigenvalue weighted by Crippen LogP contribution is 2.24. The molecule has 0 amide bonds. The normalized spacial score (nSPS) is 8.88. The minimum Gasteiger partial charge on any atom is -0.272 e. The van der Waals surface area contributed by atoms with Crippen molar-refractivity contribution in [3.8, 4) is 0 Å². The van der Waals surface area contributed by atoms with Crippen molar-refractivity contribution in [2.24, 2.45) is 0 Å². The van der Waals surface area contributed by atoms with E-state index in [-0.39, 0.29) is 0 Å². The van der Waals surface area contributed by atoms with E-state index in [2.05, 4.69) is 0 Å². The van der Waals surface area contributed by atoms with Crippen LogP contribution in [0.1, 0.15) is 0 Å².